The number of nitrogens with zero attached hydrogens (tertiary/aromatic N) is 2. The summed E-state index contributed by atoms with van der Waals surface area (Å²) in [4.78, 5) is 11.9. The number of hydrogen-bond acceptors (Lipinski definition) is 2. The average molecular weight is 302 g/mol. The third-order valence-corrected chi connectivity index (χ3v) is 3.14. The number of aromatic nitrogens is 2. The van der Waals surface area contributed by atoms with Gasteiger partial charge in [0.15, 0.2) is 0 Å². The third kappa shape index (κ3) is 4.50. The van der Waals surface area contributed by atoms with Gasteiger partial charge in [-0.25, -0.2) is 0 Å². The number of unbranched alkanes of at least 4 members (excludes halogenated alkanes) is 2. The fraction of sp³-hybridized carbons (Fsp3) is 0.667. The molecule has 96 valence electrons. The summed E-state index contributed by atoms with van der Waals surface area (Å²) in [6.07, 6.45) is 5.89. The summed E-state index contributed by atoms with van der Waals surface area (Å²) in [6.45, 7) is 2.75. The SMILES string of the molecule is CCc1nn(C)cc1C(=O)NCCCCCBr. The van der Waals surface area contributed by atoms with Crippen LogP contribution in [0.3, 0.4) is 0 Å². The van der Waals surface area contributed by atoms with Crippen molar-refractivity contribution in [3.63, 3.8) is 0 Å². The Morgan fingerprint density at radius 1 is 1.47 bits per heavy atom. The fourth-order valence-corrected chi connectivity index (χ4v) is 2.08. The maximum absolute atomic E-state index is 11.9. The van der Waals surface area contributed by atoms with E-state index in [1.54, 1.807) is 10.9 Å². The first kappa shape index (κ1) is 14.2. The van der Waals surface area contributed by atoms with Gasteiger partial charge in [0.1, 0.15) is 0 Å². The van der Waals surface area contributed by atoms with Crippen LogP contribution in [0.25, 0.3) is 0 Å². The molecule has 0 bridgehead atoms. The minimum atomic E-state index is -0.00575. The van der Waals surface area contributed by atoms with Crippen LogP contribution in [0.1, 0.15) is 42.2 Å². The zero-order valence-electron chi connectivity index (χ0n) is 10.5. The molecule has 1 aromatic rings. The van der Waals surface area contributed by atoms with Gasteiger partial charge in [0, 0.05) is 25.1 Å². The Labute approximate surface area is 111 Å². The highest BCUT2D eigenvalue weighted by Crippen LogP contribution is 2.07. The maximum Gasteiger partial charge on any atom is 0.254 e. The fourth-order valence-electron chi connectivity index (χ4n) is 1.68. The molecule has 0 saturated carbocycles. The van der Waals surface area contributed by atoms with Gasteiger partial charge in [0.05, 0.1) is 11.3 Å². The lowest BCUT2D eigenvalue weighted by molar-refractivity contribution is 0.0952. The maximum atomic E-state index is 11.9. The number of nitrogens with one attached hydrogen (secondary N) is 1. The standard InChI is InChI=1S/C12H20BrN3O/c1-3-11-10(9-16(2)15-11)12(17)14-8-6-4-5-7-13/h9H,3-8H2,1-2H3,(H,14,17). The lowest BCUT2D eigenvalue weighted by Gasteiger charge is -2.04. The molecule has 0 radical (unpaired) electrons. The van der Waals surface area contributed by atoms with Gasteiger partial charge in [-0.2, -0.15) is 5.10 Å². The Balaban J connectivity index is 2.41. The smallest absolute Gasteiger partial charge is 0.254 e. The highest BCUT2D eigenvalue weighted by Gasteiger charge is 2.13. The summed E-state index contributed by atoms with van der Waals surface area (Å²) < 4.78 is 1.69. The van der Waals surface area contributed by atoms with Crippen LogP contribution in [-0.4, -0.2) is 27.6 Å². The van der Waals surface area contributed by atoms with Gasteiger partial charge in [-0.3, -0.25) is 9.48 Å². The van der Waals surface area contributed by atoms with E-state index in [0.717, 1.165) is 43.3 Å². The van der Waals surface area contributed by atoms with Gasteiger partial charge in [-0.1, -0.05) is 29.3 Å². The first-order valence-electron chi connectivity index (χ1n) is 6.05. The van der Waals surface area contributed by atoms with Crippen molar-refractivity contribution in [1.82, 2.24) is 15.1 Å². The molecule has 17 heavy (non-hydrogen) atoms. The van der Waals surface area contributed by atoms with Crippen LogP contribution in [0.4, 0.5) is 0 Å². The quantitative estimate of drug-likeness (QED) is 0.620. The Morgan fingerprint density at radius 3 is 2.88 bits per heavy atom. The minimum absolute atomic E-state index is 0.00575. The van der Waals surface area contributed by atoms with Crippen molar-refractivity contribution in [3.8, 4) is 0 Å². The average Bonchev–Trinajstić information content (AvgIpc) is 2.70. The predicted octanol–water partition coefficient (Wildman–Crippen LogP) is 2.28. The van der Waals surface area contributed by atoms with Gasteiger partial charge in [0.2, 0.25) is 0 Å². The van der Waals surface area contributed by atoms with Crippen molar-refractivity contribution in [2.45, 2.75) is 32.6 Å². The van der Waals surface area contributed by atoms with Crippen molar-refractivity contribution < 1.29 is 4.79 Å². The number of carbonyl (C=O) groups excluding carboxylic acids is 1. The number of alkyl halides is 1. The Morgan fingerprint density at radius 2 is 2.24 bits per heavy atom. The zero-order valence-corrected chi connectivity index (χ0v) is 12.1. The molecular weight excluding hydrogens is 282 g/mol. The Hall–Kier alpha value is -0.840. The van der Waals surface area contributed by atoms with Gasteiger partial charge in [0.25, 0.3) is 5.91 Å². The monoisotopic (exact) mass is 301 g/mol. The first-order valence-corrected chi connectivity index (χ1v) is 7.17. The Bertz CT molecular complexity index is 363. The van der Waals surface area contributed by atoms with E-state index in [2.05, 4.69) is 26.3 Å². The van der Waals surface area contributed by atoms with Crippen molar-refractivity contribution in [2.75, 3.05) is 11.9 Å². The molecule has 4 nitrogen and oxygen atoms in total. The largest absolute Gasteiger partial charge is 0.352 e. The summed E-state index contributed by atoms with van der Waals surface area (Å²) in [5.41, 5.74) is 1.57. The normalized spacial score (nSPS) is 10.5. The van der Waals surface area contributed by atoms with Crippen LogP contribution in [0.2, 0.25) is 0 Å². The molecule has 1 heterocycles. The lowest BCUT2D eigenvalue weighted by Crippen LogP contribution is -2.25. The molecule has 1 rings (SSSR count). The van der Waals surface area contributed by atoms with Crippen molar-refractivity contribution in [2.24, 2.45) is 7.05 Å². The first-order chi connectivity index (χ1) is 8.19. The van der Waals surface area contributed by atoms with E-state index in [9.17, 15) is 4.79 Å². The number of hydrogen-bond donors (Lipinski definition) is 1. The van der Waals surface area contributed by atoms with Crippen LogP contribution in [0.5, 0.6) is 0 Å². The summed E-state index contributed by atoms with van der Waals surface area (Å²) in [7, 11) is 1.84. The highest BCUT2D eigenvalue weighted by atomic mass is 79.9. The molecule has 0 aliphatic heterocycles. The van der Waals surface area contributed by atoms with Gasteiger partial charge >= 0.3 is 0 Å². The second-order valence-corrected chi connectivity index (χ2v) is 4.82. The molecule has 0 saturated heterocycles. The van der Waals surface area contributed by atoms with Crippen LogP contribution in [0, 0.1) is 0 Å². The van der Waals surface area contributed by atoms with E-state index in [1.807, 2.05) is 14.0 Å². The Kier molecular flexibility index (Phi) is 6.26. The van der Waals surface area contributed by atoms with Crippen molar-refractivity contribution in [3.05, 3.63) is 17.5 Å². The second-order valence-electron chi connectivity index (χ2n) is 4.02. The molecule has 1 aromatic heterocycles. The van der Waals surface area contributed by atoms with Crippen LogP contribution >= 0.6 is 15.9 Å². The number of aryl methyl sites for hydroxylation is 2. The molecule has 0 fully saturated rings. The third-order valence-electron chi connectivity index (χ3n) is 2.58. The van der Waals surface area contributed by atoms with E-state index in [-0.39, 0.29) is 5.91 Å². The van der Waals surface area contributed by atoms with Crippen LogP contribution in [0.15, 0.2) is 6.20 Å². The molecule has 5 heteroatoms. The molecule has 0 aliphatic rings. The summed E-state index contributed by atoms with van der Waals surface area (Å²) in [5, 5.41) is 8.23. The van der Waals surface area contributed by atoms with E-state index in [4.69, 9.17) is 0 Å². The van der Waals surface area contributed by atoms with Gasteiger partial charge in [-0.05, 0) is 19.3 Å². The molecule has 1 N–H and O–H groups in total. The summed E-state index contributed by atoms with van der Waals surface area (Å²) >= 11 is 3.39. The highest BCUT2D eigenvalue weighted by molar-refractivity contribution is 9.09. The second kappa shape index (κ2) is 7.48. The topological polar surface area (TPSA) is 46.9 Å². The number of rotatable bonds is 7. The van der Waals surface area contributed by atoms with Gasteiger partial charge in [-0.15, -0.1) is 0 Å². The molecule has 1 amide bonds. The van der Waals surface area contributed by atoms with Crippen LogP contribution < -0.4 is 5.32 Å². The van der Waals surface area contributed by atoms with Crippen LogP contribution in [-0.2, 0) is 13.5 Å². The minimum Gasteiger partial charge on any atom is -0.352 e. The summed E-state index contributed by atoms with van der Waals surface area (Å²) in [6, 6.07) is 0. The van der Waals surface area contributed by atoms with Crippen molar-refractivity contribution in [1.29, 1.82) is 0 Å². The number of halogens is 1. The van der Waals surface area contributed by atoms with E-state index in [0.29, 0.717) is 5.56 Å². The van der Waals surface area contributed by atoms with E-state index in [1.165, 1.54) is 0 Å². The number of amides is 1. The number of carbonyl (C=O) groups is 1. The molecule has 0 atom stereocenters. The lowest BCUT2D eigenvalue weighted by atomic mass is 10.2. The van der Waals surface area contributed by atoms with E-state index >= 15 is 0 Å². The zero-order chi connectivity index (χ0) is 12.7. The molecule has 0 unspecified atom stereocenters. The van der Waals surface area contributed by atoms with Gasteiger partial charge < -0.3 is 5.32 Å². The molecule has 0 aromatic carbocycles. The van der Waals surface area contributed by atoms with Crippen molar-refractivity contribution >= 4 is 21.8 Å². The summed E-state index contributed by atoms with van der Waals surface area (Å²) in [5.74, 6) is -0.00575. The molecular formula is C12H20BrN3O. The molecule has 0 spiro atoms. The molecule has 0 aliphatic carbocycles. The van der Waals surface area contributed by atoms with E-state index < -0.39 is 0 Å². The predicted molar refractivity (Wildman–Crippen MR) is 72.6 cm³/mol.